The van der Waals surface area contributed by atoms with Crippen LogP contribution < -0.4 is 0 Å². The molecule has 0 spiro atoms. The number of aliphatic hydroxyl groups excluding tert-OH is 1. The largest absolute Gasteiger partial charge is 0.444 e. The van der Waals surface area contributed by atoms with Crippen molar-refractivity contribution in [3.05, 3.63) is 35.4 Å². The fourth-order valence-corrected chi connectivity index (χ4v) is 5.32. The number of benzene rings is 1. The fourth-order valence-electron chi connectivity index (χ4n) is 3.96. The molecule has 6 nitrogen and oxygen atoms in total. The summed E-state index contributed by atoms with van der Waals surface area (Å²) in [5.74, 6) is -0.0651. The molecule has 1 fully saturated rings. The van der Waals surface area contributed by atoms with Gasteiger partial charge in [-0.3, -0.25) is 4.79 Å². The lowest BCUT2D eigenvalue weighted by Crippen LogP contribution is -2.55. The van der Waals surface area contributed by atoms with E-state index in [1.807, 2.05) is 20.8 Å². The standard InChI is InChI=1S/C26H43NO5Si/c1-25(2,3)31-24(30)27(7)21-15-14-20(16-22(21)32-33(8,9)26(4,5)6)23(29)19-12-10-18(17-28)11-13-19/h10-13,20-22,28H,14-17H2,1-9H3/t20-,21+,22+/m0/s1. The van der Waals surface area contributed by atoms with Gasteiger partial charge in [-0.1, -0.05) is 45.0 Å². The first-order chi connectivity index (χ1) is 15.1. The quantitative estimate of drug-likeness (QED) is 0.415. The van der Waals surface area contributed by atoms with Crippen LogP contribution in [0.15, 0.2) is 24.3 Å². The summed E-state index contributed by atoms with van der Waals surface area (Å²) in [6.45, 7) is 16.5. The molecule has 0 aliphatic heterocycles. The maximum absolute atomic E-state index is 13.3. The van der Waals surface area contributed by atoms with Gasteiger partial charge in [0.25, 0.3) is 0 Å². The number of nitrogens with zero attached hydrogens (tertiary/aromatic N) is 1. The molecule has 1 aromatic rings. The van der Waals surface area contributed by atoms with Crippen molar-refractivity contribution in [2.24, 2.45) is 5.92 Å². The van der Waals surface area contributed by atoms with Crippen LogP contribution in [0.1, 0.15) is 76.7 Å². The Hall–Kier alpha value is -1.70. The lowest BCUT2D eigenvalue weighted by molar-refractivity contribution is -0.0109. The maximum atomic E-state index is 13.3. The number of carbonyl (C=O) groups is 2. The molecule has 0 saturated heterocycles. The first-order valence-electron chi connectivity index (χ1n) is 11.9. The van der Waals surface area contributed by atoms with Crippen molar-refractivity contribution in [1.82, 2.24) is 4.90 Å². The van der Waals surface area contributed by atoms with Crippen molar-refractivity contribution in [2.45, 2.75) is 103 Å². The zero-order chi connectivity index (χ0) is 25.2. The van der Waals surface area contributed by atoms with Crippen molar-refractivity contribution in [3.8, 4) is 0 Å². The molecule has 1 N–H and O–H groups in total. The Kier molecular flexibility index (Phi) is 8.58. The molecule has 7 heteroatoms. The van der Waals surface area contributed by atoms with E-state index >= 15 is 0 Å². The fraction of sp³-hybridized carbons (Fsp3) is 0.692. The number of ketones is 1. The molecule has 1 saturated carbocycles. The molecule has 0 heterocycles. The Balaban J connectivity index is 2.27. The van der Waals surface area contributed by atoms with Gasteiger partial charge in [-0.2, -0.15) is 0 Å². The third kappa shape index (κ3) is 7.14. The van der Waals surface area contributed by atoms with Crippen LogP contribution in [0, 0.1) is 5.92 Å². The van der Waals surface area contributed by atoms with Crippen LogP contribution in [-0.4, -0.2) is 55.0 Å². The number of likely N-dealkylation sites (N-methyl/N-ethyl adjacent to an activating group) is 1. The number of rotatable bonds is 6. The second-order valence-corrected chi connectivity index (χ2v) is 16.6. The van der Waals surface area contributed by atoms with Gasteiger partial charge in [0.05, 0.1) is 18.8 Å². The van der Waals surface area contributed by atoms with Crippen molar-refractivity contribution in [3.63, 3.8) is 0 Å². The van der Waals surface area contributed by atoms with Gasteiger partial charge in [0, 0.05) is 18.5 Å². The van der Waals surface area contributed by atoms with E-state index in [1.54, 1.807) is 36.2 Å². The van der Waals surface area contributed by atoms with E-state index in [4.69, 9.17) is 9.16 Å². The monoisotopic (exact) mass is 477 g/mol. The molecule has 0 aromatic heterocycles. The lowest BCUT2D eigenvalue weighted by atomic mass is 9.79. The molecule has 1 aliphatic carbocycles. The van der Waals surface area contributed by atoms with Crippen molar-refractivity contribution in [1.29, 1.82) is 0 Å². The summed E-state index contributed by atoms with van der Waals surface area (Å²) in [5, 5.41) is 9.29. The van der Waals surface area contributed by atoms with E-state index in [0.29, 0.717) is 24.8 Å². The number of carbonyl (C=O) groups excluding carboxylic acids is 2. The first-order valence-corrected chi connectivity index (χ1v) is 14.8. The van der Waals surface area contributed by atoms with E-state index in [0.717, 1.165) is 5.56 Å². The van der Waals surface area contributed by atoms with Crippen LogP contribution in [-0.2, 0) is 15.8 Å². The molecule has 2 rings (SSSR count). The summed E-state index contributed by atoms with van der Waals surface area (Å²) in [7, 11) is -0.361. The van der Waals surface area contributed by atoms with E-state index in [1.165, 1.54) is 0 Å². The number of amides is 1. The predicted octanol–water partition coefficient (Wildman–Crippen LogP) is 5.79. The number of hydrogen-bond donors (Lipinski definition) is 1. The molecule has 1 aromatic carbocycles. The normalized spacial score (nSPS) is 22.1. The molecule has 3 atom stereocenters. The highest BCUT2D eigenvalue weighted by Crippen LogP contribution is 2.41. The Morgan fingerprint density at radius 3 is 2.12 bits per heavy atom. The molecule has 1 aliphatic rings. The van der Waals surface area contributed by atoms with Crippen molar-refractivity contribution >= 4 is 20.2 Å². The van der Waals surface area contributed by atoms with E-state index in [9.17, 15) is 14.7 Å². The minimum absolute atomic E-state index is 0.0130. The van der Waals surface area contributed by atoms with Gasteiger partial charge in [-0.05, 0) is 63.7 Å². The van der Waals surface area contributed by atoms with E-state index in [2.05, 4.69) is 33.9 Å². The van der Waals surface area contributed by atoms with Crippen LogP contribution in [0.25, 0.3) is 0 Å². The molecule has 1 amide bonds. The molecule has 0 unspecified atom stereocenters. The molecule has 186 valence electrons. The molecular weight excluding hydrogens is 434 g/mol. The zero-order valence-corrected chi connectivity index (χ0v) is 22.9. The average Bonchev–Trinajstić information content (AvgIpc) is 2.70. The van der Waals surface area contributed by atoms with E-state index < -0.39 is 13.9 Å². The smallest absolute Gasteiger partial charge is 0.410 e. The summed E-state index contributed by atoms with van der Waals surface area (Å²) >= 11 is 0. The summed E-state index contributed by atoms with van der Waals surface area (Å²) in [6.07, 6.45) is 1.35. The van der Waals surface area contributed by atoms with Crippen LogP contribution in [0.3, 0.4) is 0 Å². The number of ether oxygens (including phenoxy) is 1. The molecule has 0 radical (unpaired) electrons. The van der Waals surface area contributed by atoms with Gasteiger partial charge in [-0.15, -0.1) is 0 Å². The number of hydrogen-bond acceptors (Lipinski definition) is 5. The van der Waals surface area contributed by atoms with E-state index in [-0.39, 0.29) is 41.6 Å². The highest BCUT2D eigenvalue weighted by atomic mass is 28.4. The van der Waals surface area contributed by atoms with Gasteiger partial charge in [0.2, 0.25) is 0 Å². The van der Waals surface area contributed by atoms with Crippen LogP contribution in [0.2, 0.25) is 18.1 Å². The van der Waals surface area contributed by atoms with Gasteiger partial charge >= 0.3 is 6.09 Å². The second-order valence-electron chi connectivity index (χ2n) is 11.8. The van der Waals surface area contributed by atoms with Crippen molar-refractivity contribution in [2.75, 3.05) is 7.05 Å². The Morgan fingerprint density at radius 1 is 1.06 bits per heavy atom. The van der Waals surface area contributed by atoms with Gasteiger partial charge in [0.1, 0.15) is 5.60 Å². The van der Waals surface area contributed by atoms with Crippen LogP contribution >= 0.6 is 0 Å². The summed E-state index contributed by atoms with van der Waals surface area (Å²) in [6, 6.07) is 7.01. The molecule has 33 heavy (non-hydrogen) atoms. The van der Waals surface area contributed by atoms with Crippen molar-refractivity contribution < 1.29 is 23.9 Å². The first kappa shape index (κ1) is 27.5. The van der Waals surface area contributed by atoms with Crippen LogP contribution in [0.5, 0.6) is 0 Å². The minimum Gasteiger partial charge on any atom is -0.444 e. The predicted molar refractivity (Wildman–Crippen MR) is 134 cm³/mol. The van der Waals surface area contributed by atoms with Gasteiger partial charge in [0.15, 0.2) is 14.1 Å². The minimum atomic E-state index is -2.14. The summed E-state index contributed by atoms with van der Waals surface area (Å²) in [5.41, 5.74) is 0.866. The highest BCUT2D eigenvalue weighted by molar-refractivity contribution is 6.74. The topological polar surface area (TPSA) is 76.1 Å². The highest BCUT2D eigenvalue weighted by Gasteiger charge is 2.45. The number of Topliss-reactive ketones (excluding diaryl/α,β-unsaturated/α-hetero) is 1. The third-order valence-corrected chi connectivity index (χ3v) is 11.5. The lowest BCUT2D eigenvalue weighted by Gasteiger charge is -2.46. The van der Waals surface area contributed by atoms with Gasteiger partial charge in [-0.25, -0.2) is 4.79 Å². The SMILES string of the molecule is CN(C(=O)OC(C)(C)C)[C@@H]1CC[C@H](C(=O)c2ccc(CO)cc2)C[C@H]1O[Si](C)(C)C(C)(C)C. The summed E-state index contributed by atoms with van der Waals surface area (Å²) < 4.78 is 12.4. The Labute approximate surface area is 200 Å². The Morgan fingerprint density at radius 2 is 1.64 bits per heavy atom. The second kappa shape index (κ2) is 10.3. The third-order valence-electron chi connectivity index (χ3n) is 6.98. The summed E-state index contributed by atoms with van der Waals surface area (Å²) in [4.78, 5) is 27.8. The zero-order valence-electron chi connectivity index (χ0n) is 21.9. The van der Waals surface area contributed by atoms with Crippen LogP contribution in [0.4, 0.5) is 4.79 Å². The van der Waals surface area contributed by atoms with Gasteiger partial charge < -0.3 is 19.2 Å². The average molecular weight is 478 g/mol. The Bertz CT molecular complexity index is 823. The molecular formula is C26H43NO5Si. The number of aliphatic hydroxyl groups is 1. The maximum Gasteiger partial charge on any atom is 0.410 e. The molecule has 0 bridgehead atoms.